The van der Waals surface area contributed by atoms with Crippen molar-refractivity contribution in [2.75, 3.05) is 13.7 Å². The molecule has 5 nitrogen and oxygen atoms in total. The predicted molar refractivity (Wildman–Crippen MR) is 81.3 cm³/mol. The lowest BCUT2D eigenvalue weighted by Gasteiger charge is -2.36. The predicted octanol–water partition coefficient (Wildman–Crippen LogP) is 0.902. The van der Waals surface area contributed by atoms with Crippen molar-refractivity contribution in [3.8, 4) is 0 Å². The second-order valence-electron chi connectivity index (χ2n) is 6.37. The van der Waals surface area contributed by atoms with Gasteiger partial charge in [-0.05, 0) is 19.0 Å². The summed E-state index contributed by atoms with van der Waals surface area (Å²) in [6, 6.07) is 9.56. The van der Waals surface area contributed by atoms with Crippen molar-refractivity contribution in [2.24, 2.45) is 0 Å². The van der Waals surface area contributed by atoms with Gasteiger partial charge in [-0.2, -0.15) is 0 Å². The number of rotatable bonds is 4. The Morgan fingerprint density at radius 1 is 1.32 bits per heavy atom. The number of ether oxygens (including phenoxy) is 1. The highest BCUT2D eigenvalue weighted by Crippen LogP contribution is 2.36. The number of aliphatic hydroxyl groups is 2. The largest absolute Gasteiger partial charge is 0.462 e. The molecule has 2 fully saturated rings. The molecule has 0 amide bonds. The van der Waals surface area contributed by atoms with Crippen molar-refractivity contribution in [3.63, 3.8) is 0 Å². The van der Waals surface area contributed by atoms with Gasteiger partial charge < -0.3 is 14.9 Å². The molecule has 2 heterocycles. The Balaban J connectivity index is 1.65. The summed E-state index contributed by atoms with van der Waals surface area (Å²) in [7, 11) is 2.02. The normalized spacial score (nSPS) is 32.7. The van der Waals surface area contributed by atoms with E-state index in [1.807, 2.05) is 37.4 Å². The van der Waals surface area contributed by atoms with Gasteiger partial charge in [-0.15, -0.1) is 0 Å². The standard InChI is InChI=1S/C17H23NO4/c1-18-12-7-13(9-15(18)16(20)8-12)22-17(21)14(10-19)11-5-3-2-4-6-11/h2-6,12-16,19-20H,7-10H2,1H3/t12?,13-,14+,15-,16-/m0/s1. The average molecular weight is 305 g/mol. The SMILES string of the molecule is CN1C2C[C@H](OC(=O)[C@H](CO)c3ccccc3)C[C@H]1[C@@H](O)C2. The van der Waals surface area contributed by atoms with Gasteiger partial charge in [0.15, 0.2) is 0 Å². The van der Waals surface area contributed by atoms with Crippen molar-refractivity contribution in [3.05, 3.63) is 35.9 Å². The Hall–Kier alpha value is -1.43. The smallest absolute Gasteiger partial charge is 0.316 e. The van der Waals surface area contributed by atoms with E-state index in [0.717, 1.165) is 18.4 Å². The van der Waals surface area contributed by atoms with Crippen LogP contribution in [-0.4, -0.2) is 59.0 Å². The van der Waals surface area contributed by atoms with E-state index in [9.17, 15) is 15.0 Å². The lowest BCUT2D eigenvalue weighted by molar-refractivity contribution is -0.155. The minimum Gasteiger partial charge on any atom is -0.462 e. The fourth-order valence-electron chi connectivity index (χ4n) is 3.74. The van der Waals surface area contributed by atoms with Gasteiger partial charge in [-0.25, -0.2) is 0 Å². The van der Waals surface area contributed by atoms with Crippen LogP contribution in [-0.2, 0) is 9.53 Å². The van der Waals surface area contributed by atoms with Crippen LogP contribution in [0.1, 0.15) is 30.7 Å². The molecule has 1 unspecified atom stereocenters. The third-order valence-corrected chi connectivity index (χ3v) is 5.05. The van der Waals surface area contributed by atoms with Gasteiger partial charge in [0.1, 0.15) is 12.0 Å². The number of hydrogen-bond acceptors (Lipinski definition) is 5. The summed E-state index contributed by atoms with van der Waals surface area (Å²) in [5.41, 5.74) is 0.769. The second kappa shape index (κ2) is 6.36. The average Bonchev–Trinajstić information content (AvgIpc) is 2.68. The van der Waals surface area contributed by atoms with E-state index in [1.54, 1.807) is 0 Å². The molecule has 0 saturated carbocycles. The molecule has 1 aromatic carbocycles. The van der Waals surface area contributed by atoms with E-state index in [1.165, 1.54) is 0 Å². The molecule has 1 aromatic rings. The Morgan fingerprint density at radius 3 is 2.68 bits per heavy atom. The Morgan fingerprint density at radius 2 is 2.05 bits per heavy atom. The topological polar surface area (TPSA) is 70.0 Å². The number of likely N-dealkylation sites (N-methyl/N-ethyl adjacent to an activating group) is 1. The van der Waals surface area contributed by atoms with E-state index in [0.29, 0.717) is 6.42 Å². The van der Waals surface area contributed by atoms with Crippen molar-refractivity contribution >= 4 is 5.97 Å². The Bertz CT molecular complexity index is 521. The highest BCUT2D eigenvalue weighted by Gasteiger charge is 2.45. The third kappa shape index (κ3) is 2.89. The summed E-state index contributed by atoms with van der Waals surface area (Å²) in [6.07, 6.45) is 1.66. The molecule has 2 saturated heterocycles. The van der Waals surface area contributed by atoms with E-state index in [4.69, 9.17) is 4.74 Å². The lowest BCUT2D eigenvalue weighted by Crippen LogP contribution is -2.45. The molecule has 0 aromatic heterocycles. The first-order valence-electron chi connectivity index (χ1n) is 7.86. The van der Waals surface area contributed by atoms with Gasteiger partial charge in [-0.3, -0.25) is 9.69 Å². The zero-order valence-electron chi connectivity index (χ0n) is 12.8. The van der Waals surface area contributed by atoms with Crippen LogP contribution in [0.2, 0.25) is 0 Å². The monoisotopic (exact) mass is 305 g/mol. The van der Waals surface area contributed by atoms with Crippen LogP contribution in [0.5, 0.6) is 0 Å². The summed E-state index contributed by atoms with van der Waals surface area (Å²) in [5.74, 6) is -1.01. The van der Waals surface area contributed by atoms with Crippen LogP contribution in [0.25, 0.3) is 0 Å². The zero-order valence-corrected chi connectivity index (χ0v) is 12.8. The minimum atomic E-state index is -0.636. The van der Waals surface area contributed by atoms with Crippen LogP contribution in [0.4, 0.5) is 0 Å². The molecule has 0 aliphatic carbocycles. The van der Waals surface area contributed by atoms with E-state index < -0.39 is 5.92 Å². The van der Waals surface area contributed by atoms with Gasteiger partial charge >= 0.3 is 5.97 Å². The molecule has 0 radical (unpaired) electrons. The second-order valence-corrected chi connectivity index (χ2v) is 6.37. The Kier molecular flexibility index (Phi) is 4.47. The molecule has 0 spiro atoms. The maximum atomic E-state index is 12.4. The van der Waals surface area contributed by atoms with Crippen LogP contribution in [0, 0.1) is 0 Å². The minimum absolute atomic E-state index is 0.0702. The van der Waals surface area contributed by atoms with Crippen molar-refractivity contribution in [1.29, 1.82) is 0 Å². The van der Waals surface area contributed by atoms with Gasteiger partial charge in [0.25, 0.3) is 0 Å². The quantitative estimate of drug-likeness (QED) is 0.809. The van der Waals surface area contributed by atoms with Gasteiger partial charge in [0.2, 0.25) is 0 Å². The molecule has 3 rings (SSSR count). The molecule has 5 heteroatoms. The van der Waals surface area contributed by atoms with Crippen LogP contribution in [0.3, 0.4) is 0 Å². The maximum Gasteiger partial charge on any atom is 0.316 e. The number of esters is 1. The Labute approximate surface area is 130 Å². The van der Waals surface area contributed by atoms with Crippen LogP contribution < -0.4 is 0 Å². The van der Waals surface area contributed by atoms with Crippen LogP contribution >= 0.6 is 0 Å². The summed E-state index contributed by atoms with van der Waals surface area (Å²) in [5, 5.41) is 19.6. The first-order chi connectivity index (χ1) is 10.6. The number of nitrogens with zero attached hydrogens (tertiary/aromatic N) is 1. The van der Waals surface area contributed by atoms with Crippen molar-refractivity contribution in [1.82, 2.24) is 4.90 Å². The summed E-state index contributed by atoms with van der Waals surface area (Å²) >= 11 is 0. The lowest BCUT2D eigenvalue weighted by atomic mass is 9.98. The molecule has 2 aliphatic rings. The summed E-state index contributed by atoms with van der Waals surface area (Å²) < 4.78 is 5.64. The van der Waals surface area contributed by atoms with Gasteiger partial charge in [0.05, 0.1) is 12.7 Å². The number of carbonyl (C=O) groups is 1. The third-order valence-electron chi connectivity index (χ3n) is 5.05. The fourth-order valence-corrected chi connectivity index (χ4v) is 3.74. The van der Waals surface area contributed by atoms with E-state index >= 15 is 0 Å². The number of hydrogen-bond donors (Lipinski definition) is 2. The van der Waals surface area contributed by atoms with Crippen LogP contribution in [0.15, 0.2) is 30.3 Å². The highest BCUT2D eigenvalue weighted by molar-refractivity contribution is 5.78. The van der Waals surface area contributed by atoms with E-state index in [2.05, 4.69) is 4.90 Å². The number of carbonyl (C=O) groups excluding carboxylic acids is 1. The van der Waals surface area contributed by atoms with Gasteiger partial charge in [-0.1, -0.05) is 30.3 Å². The molecule has 2 N–H and O–H groups in total. The maximum absolute atomic E-state index is 12.4. The van der Waals surface area contributed by atoms with Gasteiger partial charge in [0, 0.05) is 24.9 Å². The first kappa shape index (κ1) is 15.5. The van der Waals surface area contributed by atoms with Crippen molar-refractivity contribution in [2.45, 2.75) is 49.5 Å². The molecule has 22 heavy (non-hydrogen) atoms. The zero-order chi connectivity index (χ0) is 15.7. The number of fused-ring (bicyclic) bond motifs is 2. The molecular formula is C17H23NO4. The summed E-state index contributed by atoms with van der Waals surface area (Å²) in [4.78, 5) is 14.6. The van der Waals surface area contributed by atoms with E-state index in [-0.39, 0.29) is 36.9 Å². The fraction of sp³-hybridized carbons (Fsp3) is 0.588. The van der Waals surface area contributed by atoms with Crippen molar-refractivity contribution < 1.29 is 19.7 Å². The molecular weight excluding hydrogens is 282 g/mol. The molecule has 2 bridgehead atoms. The molecule has 5 atom stereocenters. The molecule has 120 valence electrons. The highest BCUT2D eigenvalue weighted by atomic mass is 16.5. The number of aliphatic hydroxyl groups excluding tert-OH is 2. The summed E-state index contributed by atoms with van der Waals surface area (Å²) in [6.45, 7) is -0.259. The number of piperidine rings is 1. The number of benzene rings is 1. The first-order valence-corrected chi connectivity index (χ1v) is 7.86. The molecule has 2 aliphatic heterocycles.